The molecule has 0 saturated heterocycles. The van der Waals surface area contributed by atoms with Gasteiger partial charge in [0.15, 0.2) is 0 Å². The van der Waals surface area contributed by atoms with Gasteiger partial charge in [-0.2, -0.15) is 0 Å². The Kier molecular flexibility index (Phi) is 9.19. The van der Waals surface area contributed by atoms with Crippen molar-refractivity contribution in [2.45, 2.75) is 108 Å². The molecule has 0 atom stereocenters. The Hall–Kier alpha value is -6.70. The molecule has 7 heteroatoms. The molecule has 340 valence electrons. The van der Waals surface area contributed by atoms with Gasteiger partial charge in [-0.15, -0.1) is 0 Å². The molecule has 8 aromatic rings. The number of nitrogens with zero attached hydrogens (tertiary/aromatic N) is 5. The number of benzene rings is 6. The third kappa shape index (κ3) is 6.34. The first-order chi connectivity index (χ1) is 32.4. The van der Waals surface area contributed by atoms with Gasteiger partial charge < -0.3 is 19.4 Å². The Morgan fingerprint density at radius 2 is 1.25 bits per heavy atom. The van der Waals surface area contributed by atoms with Gasteiger partial charge in [0.05, 0.1) is 40.5 Å². The fourth-order valence-electron chi connectivity index (χ4n) is 11.2. The largest absolute Gasteiger partial charge is 0.457 e. The molecule has 6 aromatic carbocycles. The third-order valence-corrected chi connectivity index (χ3v) is 16.1. The molecule has 12 rings (SSSR count). The zero-order valence-corrected chi connectivity index (χ0v) is 41.9. The molecule has 6 heterocycles. The van der Waals surface area contributed by atoms with Crippen LogP contribution in [0.5, 0.6) is 11.5 Å². The summed E-state index contributed by atoms with van der Waals surface area (Å²) in [5, 5.41) is 2.39. The average molecular weight is 910 g/mol. The van der Waals surface area contributed by atoms with Gasteiger partial charge in [-0.3, -0.25) is 4.57 Å². The quantitative estimate of drug-likeness (QED) is 0.165. The highest BCUT2D eigenvalue weighted by molar-refractivity contribution is 7.99. The Labute approximate surface area is 405 Å². The Morgan fingerprint density at radius 1 is 0.603 bits per heavy atom. The normalized spacial score (nSPS) is 16.5. The van der Waals surface area contributed by atoms with E-state index in [4.69, 9.17) is 9.72 Å². The lowest BCUT2D eigenvalue weighted by Gasteiger charge is -2.52. The molecule has 68 heavy (non-hydrogen) atoms. The van der Waals surface area contributed by atoms with E-state index in [1.807, 2.05) is 18.0 Å². The molecule has 0 fully saturated rings. The lowest BCUT2D eigenvalue weighted by atomic mass is 9.66. The summed E-state index contributed by atoms with van der Waals surface area (Å²) in [6, 6.07) is 45.0. The first kappa shape index (κ1) is 42.6. The van der Waals surface area contributed by atoms with Crippen molar-refractivity contribution >= 4 is 62.0 Å². The number of aromatic nitrogens is 2. The number of allylic oxidation sites excluding steroid dienone is 2. The number of para-hydroxylation sites is 2. The van der Waals surface area contributed by atoms with E-state index < -0.39 is 0 Å². The van der Waals surface area contributed by atoms with Gasteiger partial charge >= 0.3 is 0 Å². The van der Waals surface area contributed by atoms with Crippen molar-refractivity contribution in [2.75, 3.05) is 21.4 Å². The highest BCUT2D eigenvalue weighted by Crippen LogP contribution is 2.66. The third-order valence-electron chi connectivity index (χ3n) is 15.0. The minimum Gasteiger partial charge on any atom is -0.457 e. The van der Waals surface area contributed by atoms with Crippen molar-refractivity contribution in [3.8, 4) is 17.3 Å². The summed E-state index contributed by atoms with van der Waals surface area (Å²) in [5.41, 5.74) is 17.3. The summed E-state index contributed by atoms with van der Waals surface area (Å²) in [7, 11) is 0. The highest BCUT2D eigenvalue weighted by atomic mass is 32.2. The Bertz CT molecular complexity index is 3420. The number of anilines is 5. The van der Waals surface area contributed by atoms with Crippen LogP contribution in [-0.2, 0) is 21.7 Å². The zero-order chi connectivity index (χ0) is 47.2. The zero-order valence-electron chi connectivity index (χ0n) is 41.1. The monoisotopic (exact) mass is 909 g/mol. The van der Waals surface area contributed by atoms with Gasteiger partial charge in [0.2, 0.25) is 0 Å². The summed E-state index contributed by atoms with van der Waals surface area (Å²) in [4.78, 5) is 15.1. The van der Waals surface area contributed by atoms with Crippen LogP contribution in [0, 0.1) is 0 Å². The van der Waals surface area contributed by atoms with Gasteiger partial charge in [0.1, 0.15) is 17.3 Å². The smallest absolute Gasteiger partial charge is 0.137 e. The van der Waals surface area contributed by atoms with Gasteiger partial charge in [0.25, 0.3) is 0 Å². The van der Waals surface area contributed by atoms with Crippen molar-refractivity contribution in [3.05, 3.63) is 185 Å². The van der Waals surface area contributed by atoms with Crippen LogP contribution in [0.1, 0.15) is 110 Å². The van der Waals surface area contributed by atoms with Crippen molar-refractivity contribution in [3.63, 3.8) is 0 Å². The maximum atomic E-state index is 6.83. The van der Waals surface area contributed by atoms with E-state index >= 15 is 0 Å². The number of pyridine rings is 1. The van der Waals surface area contributed by atoms with Crippen LogP contribution < -0.4 is 19.4 Å². The van der Waals surface area contributed by atoms with Crippen LogP contribution in [0.3, 0.4) is 0 Å². The standard InChI is InChI=1S/C61H59N5OS/c1-12-16-40-35-63(36-64(40)41-32-48-55-49(33-41)61(10,11)47-20-15-22-53-57(47)66(55)56-46(60(48,8)9)19-14-21-52(56)68-53)39-17-13-18-42(31-39)67-43-24-25-44-45-29-37(58(2,3)4)23-26-50(45)65(51(44)34-43)54-30-38(27-28-62-54)59(5,6)7/h12-35H,36H2,1-11H3/b16-12-. The van der Waals surface area contributed by atoms with E-state index in [0.29, 0.717) is 6.67 Å². The first-order valence-corrected chi connectivity index (χ1v) is 24.9. The van der Waals surface area contributed by atoms with E-state index in [9.17, 15) is 0 Å². The van der Waals surface area contributed by atoms with E-state index in [1.165, 1.54) is 76.7 Å². The summed E-state index contributed by atoms with van der Waals surface area (Å²) in [6.45, 7) is 26.0. The highest BCUT2D eigenvalue weighted by Gasteiger charge is 2.49. The van der Waals surface area contributed by atoms with Gasteiger partial charge in [-0.05, 0) is 130 Å². The second kappa shape index (κ2) is 14.7. The molecule has 0 bridgehead atoms. The minimum absolute atomic E-state index is 0.0165. The van der Waals surface area contributed by atoms with Crippen molar-refractivity contribution in [2.24, 2.45) is 0 Å². The van der Waals surface area contributed by atoms with Crippen LogP contribution in [0.4, 0.5) is 28.4 Å². The van der Waals surface area contributed by atoms with Crippen molar-refractivity contribution in [1.29, 1.82) is 0 Å². The molecule has 4 aliphatic heterocycles. The second-order valence-electron chi connectivity index (χ2n) is 22.2. The predicted octanol–water partition coefficient (Wildman–Crippen LogP) is 16.5. The van der Waals surface area contributed by atoms with Crippen LogP contribution in [0.25, 0.3) is 27.6 Å². The fraction of sp³-hybridized carbons (Fsp3) is 0.262. The van der Waals surface area contributed by atoms with E-state index in [0.717, 1.165) is 39.7 Å². The first-order valence-electron chi connectivity index (χ1n) is 24.1. The SMILES string of the molecule is C/C=C\C1=CN(c2cccc(Oc3ccc4c5cc(C(C)(C)C)ccc5n(-c5cc(C(C)(C)C)ccn5)c4c3)c2)CN1c1cc2c3c(c1)C(C)(C)c1cccc4c1N3c1c(cccc1C2(C)C)S4. The molecule has 4 aliphatic rings. The van der Waals surface area contributed by atoms with Gasteiger partial charge in [-0.25, -0.2) is 4.98 Å². The van der Waals surface area contributed by atoms with E-state index in [-0.39, 0.29) is 21.7 Å². The molecule has 0 radical (unpaired) electrons. The Morgan fingerprint density at radius 3 is 1.91 bits per heavy atom. The predicted molar refractivity (Wildman–Crippen MR) is 285 cm³/mol. The second-order valence-corrected chi connectivity index (χ2v) is 23.3. The topological polar surface area (TPSA) is 36.8 Å². The lowest BCUT2D eigenvalue weighted by Crippen LogP contribution is -2.40. The number of hydrogen-bond acceptors (Lipinski definition) is 6. The van der Waals surface area contributed by atoms with E-state index in [2.05, 4.69) is 235 Å². The van der Waals surface area contributed by atoms with Gasteiger partial charge in [-0.1, -0.05) is 123 Å². The molecular weight excluding hydrogens is 851 g/mol. The maximum absolute atomic E-state index is 6.83. The molecular formula is C61H59N5OS. The maximum Gasteiger partial charge on any atom is 0.137 e. The van der Waals surface area contributed by atoms with Crippen molar-refractivity contribution in [1.82, 2.24) is 9.55 Å². The molecule has 0 saturated carbocycles. The summed E-state index contributed by atoms with van der Waals surface area (Å²) in [6.07, 6.45) is 8.60. The fourth-order valence-corrected chi connectivity index (χ4v) is 12.4. The summed E-state index contributed by atoms with van der Waals surface area (Å²) < 4.78 is 9.13. The van der Waals surface area contributed by atoms with E-state index in [1.54, 1.807) is 0 Å². The summed E-state index contributed by atoms with van der Waals surface area (Å²) in [5.74, 6) is 2.46. The molecule has 0 unspecified atom stereocenters. The number of hydrogen-bond donors (Lipinski definition) is 0. The summed E-state index contributed by atoms with van der Waals surface area (Å²) >= 11 is 1.92. The van der Waals surface area contributed by atoms with Crippen LogP contribution in [0.2, 0.25) is 0 Å². The molecule has 2 aromatic heterocycles. The van der Waals surface area contributed by atoms with Crippen LogP contribution in [0.15, 0.2) is 161 Å². The van der Waals surface area contributed by atoms with Crippen molar-refractivity contribution < 1.29 is 4.74 Å². The Balaban J connectivity index is 0.912. The number of fused-ring (bicyclic) bond motifs is 3. The molecule has 6 nitrogen and oxygen atoms in total. The molecule has 0 aliphatic carbocycles. The number of ether oxygens (including phenoxy) is 1. The van der Waals surface area contributed by atoms with Crippen LogP contribution >= 0.6 is 11.8 Å². The molecule has 0 N–H and O–H groups in total. The minimum atomic E-state index is -0.211. The lowest BCUT2D eigenvalue weighted by molar-refractivity contribution is 0.483. The molecule has 0 spiro atoms. The molecule has 0 amide bonds. The average Bonchev–Trinajstić information content (AvgIpc) is 3.88. The number of rotatable bonds is 6. The van der Waals surface area contributed by atoms with Gasteiger partial charge in [0, 0.05) is 67.3 Å². The van der Waals surface area contributed by atoms with Crippen LogP contribution in [-0.4, -0.2) is 16.2 Å².